The van der Waals surface area contributed by atoms with E-state index in [1.54, 1.807) is 6.08 Å². The number of alkyl halides is 3. The lowest BCUT2D eigenvalue weighted by atomic mass is 10.0. The predicted octanol–water partition coefficient (Wildman–Crippen LogP) is 3.03. The van der Waals surface area contributed by atoms with Crippen molar-refractivity contribution in [3.63, 3.8) is 0 Å². The minimum atomic E-state index is -4.38. The average Bonchev–Trinajstić information content (AvgIpc) is 2.89. The van der Waals surface area contributed by atoms with Crippen molar-refractivity contribution in [3.8, 4) is 0 Å². The van der Waals surface area contributed by atoms with E-state index in [0.29, 0.717) is 22.6 Å². The molecule has 1 saturated heterocycles. The number of aromatic amines is 1. The number of aliphatic hydroxyl groups is 1. The quantitative estimate of drug-likeness (QED) is 0.789. The van der Waals surface area contributed by atoms with Gasteiger partial charge in [0.15, 0.2) is 5.76 Å². The number of nitrogens with zero attached hydrogens (tertiary/aromatic N) is 1. The van der Waals surface area contributed by atoms with Gasteiger partial charge >= 0.3 is 6.18 Å². The first-order valence-corrected chi connectivity index (χ1v) is 7.52. The Morgan fingerprint density at radius 3 is 2.88 bits per heavy atom. The highest BCUT2D eigenvalue weighted by Crippen LogP contribution is 2.61. The maximum absolute atomic E-state index is 12.8. The first-order valence-electron chi connectivity index (χ1n) is 7.52. The van der Waals surface area contributed by atoms with E-state index in [1.165, 1.54) is 12.1 Å². The maximum Gasteiger partial charge on any atom is 0.416 e. The van der Waals surface area contributed by atoms with Crippen LogP contribution < -0.4 is 0 Å². The molecule has 0 radical (unpaired) electrons. The van der Waals surface area contributed by atoms with Crippen LogP contribution >= 0.6 is 0 Å². The Morgan fingerprint density at radius 1 is 1.25 bits per heavy atom. The molecule has 0 spiro atoms. The van der Waals surface area contributed by atoms with Crippen LogP contribution in [0.5, 0.6) is 0 Å². The zero-order valence-electron chi connectivity index (χ0n) is 12.1. The number of nitrogens with one attached hydrogen (secondary N) is 1. The van der Waals surface area contributed by atoms with Gasteiger partial charge in [0.25, 0.3) is 0 Å². The monoisotopic (exact) mass is 332 g/mol. The van der Waals surface area contributed by atoms with Crippen LogP contribution in [0.2, 0.25) is 0 Å². The van der Waals surface area contributed by atoms with Gasteiger partial charge in [-0.15, -0.1) is 0 Å². The zero-order valence-corrected chi connectivity index (χ0v) is 12.1. The number of rotatable bonds is 1. The minimum Gasteiger partial charge on any atom is -0.481 e. The summed E-state index contributed by atoms with van der Waals surface area (Å²) in [4.78, 5) is 7.39. The van der Waals surface area contributed by atoms with Gasteiger partial charge in [0, 0.05) is 11.5 Å². The molecular formula is C17H11F3N2O2. The molecule has 4 atom stereocenters. The van der Waals surface area contributed by atoms with E-state index < -0.39 is 17.8 Å². The van der Waals surface area contributed by atoms with Crippen LogP contribution in [0.3, 0.4) is 0 Å². The normalized spacial score (nSPS) is 30.5. The Hall–Kier alpha value is -2.50. The molecule has 3 aliphatic rings. The number of aliphatic hydroxyl groups excluding tert-OH is 1. The molecule has 1 aliphatic heterocycles. The van der Waals surface area contributed by atoms with Gasteiger partial charge < -0.3 is 14.8 Å². The van der Waals surface area contributed by atoms with Crippen LogP contribution in [-0.4, -0.2) is 27.3 Å². The number of hydrogen-bond acceptors (Lipinski definition) is 3. The summed E-state index contributed by atoms with van der Waals surface area (Å²) in [6, 6.07) is 3.47. The molecule has 0 amide bonds. The fraction of sp³-hybridized carbons (Fsp3) is 0.294. The van der Waals surface area contributed by atoms with Gasteiger partial charge in [0.1, 0.15) is 11.9 Å². The maximum atomic E-state index is 12.8. The van der Waals surface area contributed by atoms with Gasteiger partial charge in [-0.25, -0.2) is 4.98 Å². The first kappa shape index (κ1) is 13.9. The molecule has 0 bridgehead atoms. The Balaban J connectivity index is 1.50. The second-order valence-electron chi connectivity index (χ2n) is 6.24. The summed E-state index contributed by atoms with van der Waals surface area (Å²) in [5.41, 5.74) is 3.96. The topological polar surface area (TPSA) is 58.1 Å². The highest BCUT2D eigenvalue weighted by atomic mass is 19.4. The molecule has 122 valence electrons. The summed E-state index contributed by atoms with van der Waals surface area (Å²) in [5, 5.41) is 9.68. The molecule has 5 rings (SSSR count). The smallest absolute Gasteiger partial charge is 0.416 e. The van der Waals surface area contributed by atoms with E-state index in [4.69, 9.17) is 4.74 Å². The molecular weight excluding hydrogens is 321 g/mol. The average molecular weight is 332 g/mol. The fourth-order valence-electron chi connectivity index (χ4n) is 3.54. The van der Waals surface area contributed by atoms with Crippen LogP contribution in [0.15, 0.2) is 47.4 Å². The largest absolute Gasteiger partial charge is 0.481 e. The SMILES string of the molecule is OC1C=C=C2OC3C(C2=C1)C3c1nc2ccc(C(F)(F)F)cc2[nH]1. The number of aromatic nitrogens is 2. The third kappa shape index (κ3) is 1.89. The summed E-state index contributed by atoms with van der Waals surface area (Å²) >= 11 is 0. The fourth-order valence-corrected chi connectivity index (χ4v) is 3.54. The number of fused-ring (bicyclic) bond motifs is 4. The molecule has 1 saturated carbocycles. The highest BCUT2D eigenvalue weighted by molar-refractivity contribution is 5.76. The van der Waals surface area contributed by atoms with Crippen LogP contribution in [0.25, 0.3) is 11.0 Å². The van der Waals surface area contributed by atoms with Crippen molar-refractivity contribution in [1.29, 1.82) is 0 Å². The second kappa shape index (κ2) is 4.32. The molecule has 2 aromatic rings. The van der Waals surface area contributed by atoms with E-state index >= 15 is 0 Å². The predicted molar refractivity (Wildman–Crippen MR) is 77.9 cm³/mol. The molecule has 4 nitrogen and oxygen atoms in total. The molecule has 1 aromatic heterocycles. The molecule has 24 heavy (non-hydrogen) atoms. The van der Waals surface area contributed by atoms with E-state index in [1.807, 2.05) is 0 Å². The van der Waals surface area contributed by atoms with E-state index in [-0.39, 0.29) is 17.9 Å². The minimum absolute atomic E-state index is 0.0335. The van der Waals surface area contributed by atoms with Crippen molar-refractivity contribution in [2.75, 3.05) is 0 Å². The summed E-state index contributed by atoms with van der Waals surface area (Å²) in [6.07, 6.45) is -1.91. The summed E-state index contributed by atoms with van der Waals surface area (Å²) in [5.74, 6) is 1.29. The van der Waals surface area contributed by atoms with E-state index in [2.05, 4.69) is 15.7 Å². The van der Waals surface area contributed by atoms with Crippen LogP contribution in [-0.2, 0) is 10.9 Å². The summed E-state index contributed by atoms with van der Waals surface area (Å²) in [7, 11) is 0. The third-order valence-electron chi connectivity index (χ3n) is 4.71. The van der Waals surface area contributed by atoms with Crippen LogP contribution in [0.1, 0.15) is 17.3 Å². The Kier molecular flexibility index (Phi) is 2.50. The number of hydrogen-bond donors (Lipinski definition) is 2. The molecule has 2 fully saturated rings. The number of benzene rings is 1. The van der Waals surface area contributed by atoms with E-state index in [0.717, 1.165) is 17.7 Å². The lowest BCUT2D eigenvalue weighted by Crippen LogP contribution is -2.06. The van der Waals surface area contributed by atoms with Crippen LogP contribution in [0.4, 0.5) is 13.2 Å². The number of imidazole rings is 1. The lowest BCUT2D eigenvalue weighted by Gasteiger charge is -2.11. The van der Waals surface area contributed by atoms with Crippen molar-refractivity contribution in [3.05, 3.63) is 58.8 Å². The first-order chi connectivity index (χ1) is 11.4. The number of H-pyrrole nitrogens is 1. The molecule has 2 heterocycles. The van der Waals surface area contributed by atoms with Gasteiger partial charge in [0.05, 0.1) is 28.6 Å². The van der Waals surface area contributed by atoms with Gasteiger partial charge in [-0.3, -0.25) is 0 Å². The highest BCUT2D eigenvalue weighted by Gasteiger charge is 2.63. The number of halogens is 3. The van der Waals surface area contributed by atoms with Gasteiger partial charge in [-0.1, -0.05) is 5.73 Å². The van der Waals surface area contributed by atoms with Gasteiger partial charge in [0.2, 0.25) is 0 Å². The Labute approximate surface area is 134 Å². The molecule has 2 N–H and O–H groups in total. The van der Waals surface area contributed by atoms with Gasteiger partial charge in [-0.2, -0.15) is 13.2 Å². The Bertz CT molecular complexity index is 966. The molecule has 2 aliphatic carbocycles. The lowest BCUT2D eigenvalue weighted by molar-refractivity contribution is -0.137. The van der Waals surface area contributed by atoms with E-state index in [9.17, 15) is 18.3 Å². The molecule has 7 heteroatoms. The van der Waals surface area contributed by atoms with Crippen molar-refractivity contribution in [1.82, 2.24) is 9.97 Å². The number of ether oxygens (including phenoxy) is 1. The molecule has 1 aromatic carbocycles. The standard InChI is InChI=1S/C17H11F3N2O2/c18-17(19,20)7-1-3-10-11(5-7)22-16(21-10)14-13-9-6-8(23)2-4-12(9)24-15(13)14/h1-3,5-6,8,13-15,23H,(H,21,22). The van der Waals surface area contributed by atoms with Gasteiger partial charge in [-0.05, 0) is 30.4 Å². The van der Waals surface area contributed by atoms with Crippen molar-refractivity contribution >= 4 is 11.0 Å². The zero-order chi connectivity index (χ0) is 16.6. The Morgan fingerprint density at radius 2 is 2.08 bits per heavy atom. The molecule has 4 unspecified atom stereocenters. The van der Waals surface area contributed by atoms with Crippen molar-refractivity contribution < 1.29 is 23.0 Å². The van der Waals surface area contributed by atoms with Crippen molar-refractivity contribution in [2.45, 2.75) is 24.3 Å². The second-order valence-corrected chi connectivity index (χ2v) is 6.24. The van der Waals surface area contributed by atoms with Crippen LogP contribution in [0, 0.1) is 5.92 Å². The van der Waals surface area contributed by atoms with Crippen molar-refractivity contribution in [2.24, 2.45) is 5.92 Å². The summed E-state index contributed by atoms with van der Waals surface area (Å²) in [6.45, 7) is 0. The summed E-state index contributed by atoms with van der Waals surface area (Å²) < 4.78 is 44.2. The third-order valence-corrected chi connectivity index (χ3v) is 4.71.